The van der Waals surface area contributed by atoms with Crippen molar-refractivity contribution in [2.75, 3.05) is 6.61 Å². The Morgan fingerprint density at radius 1 is 1.26 bits per heavy atom. The standard InChI is InChI=1S/C18H21N3O2/c1-2-3-4-12-23-17-9-7-15(8-10-17)13-20-21-18(22)16-6-5-11-19-14-16/h5-11,13-14H,2-4,12H2,1H3,(H,21,22)/b20-13-. The molecule has 0 spiro atoms. The van der Waals surface area contributed by atoms with Crippen LogP contribution in [-0.2, 0) is 0 Å². The number of benzene rings is 1. The van der Waals surface area contributed by atoms with Gasteiger partial charge in [0.25, 0.3) is 5.91 Å². The molecule has 0 atom stereocenters. The molecule has 5 nitrogen and oxygen atoms in total. The fourth-order valence-corrected chi connectivity index (χ4v) is 1.92. The van der Waals surface area contributed by atoms with Gasteiger partial charge in [-0.3, -0.25) is 9.78 Å². The average molecular weight is 311 g/mol. The quantitative estimate of drug-likeness (QED) is 0.461. The van der Waals surface area contributed by atoms with E-state index in [0.717, 1.165) is 24.3 Å². The van der Waals surface area contributed by atoms with Crippen molar-refractivity contribution in [1.29, 1.82) is 0 Å². The number of ether oxygens (including phenoxy) is 1. The second-order valence-electron chi connectivity index (χ2n) is 5.07. The highest BCUT2D eigenvalue weighted by atomic mass is 16.5. The topological polar surface area (TPSA) is 63.6 Å². The number of hydrogen-bond donors (Lipinski definition) is 1. The molecule has 23 heavy (non-hydrogen) atoms. The lowest BCUT2D eigenvalue weighted by atomic mass is 10.2. The van der Waals surface area contributed by atoms with Gasteiger partial charge in [-0.15, -0.1) is 0 Å². The summed E-state index contributed by atoms with van der Waals surface area (Å²) in [6, 6.07) is 11.0. The first-order valence-electron chi connectivity index (χ1n) is 7.76. The number of aromatic nitrogens is 1. The summed E-state index contributed by atoms with van der Waals surface area (Å²) in [7, 11) is 0. The molecule has 0 aliphatic heterocycles. The van der Waals surface area contributed by atoms with Crippen molar-refractivity contribution in [3.8, 4) is 5.75 Å². The van der Waals surface area contributed by atoms with Gasteiger partial charge in [0, 0.05) is 12.4 Å². The van der Waals surface area contributed by atoms with E-state index in [4.69, 9.17) is 4.74 Å². The molecule has 0 aliphatic carbocycles. The van der Waals surface area contributed by atoms with E-state index in [1.165, 1.54) is 19.0 Å². The molecule has 0 fully saturated rings. The number of unbranched alkanes of at least 4 members (excludes halogenated alkanes) is 2. The van der Waals surface area contributed by atoms with Gasteiger partial charge in [-0.25, -0.2) is 5.43 Å². The largest absolute Gasteiger partial charge is 0.494 e. The Morgan fingerprint density at radius 2 is 2.09 bits per heavy atom. The van der Waals surface area contributed by atoms with Crippen molar-refractivity contribution in [3.05, 3.63) is 59.9 Å². The van der Waals surface area contributed by atoms with Gasteiger partial charge >= 0.3 is 0 Å². The molecule has 1 aromatic carbocycles. The normalized spacial score (nSPS) is 10.7. The van der Waals surface area contributed by atoms with Gasteiger partial charge in [-0.2, -0.15) is 5.10 Å². The second kappa shape index (κ2) is 9.35. The summed E-state index contributed by atoms with van der Waals surface area (Å²) in [4.78, 5) is 15.7. The van der Waals surface area contributed by atoms with E-state index in [1.807, 2.05) is 24.3 Å². The minimum Gasteiger partial charge on any atom is -0.494 e. The molecule has 0 radical (unpaired) electrons. The monoisotopic (exact) mass is 311 g/mol. The van der Waals surface area contributed by atoms with Gasteiger partial charge in [0.15, 0.2) is 0 Å². The van der Waals surface area contributed by atoms with E-state index in [9.17, 15) is 4.79 Å². The maximum absolute atomic E-state index is 11.8. The summed E-state index contributed by atoms with van der Waals surface area (Å²) < 4.78 is 5.64. The third-order valence-corrected chi connectivity index (χ3v) is 3.20. The van der Waals surface area contributed by atoms with Crippen LogP contribution < -0.4 is 10.2 Å². The maximum Gasteiger partial charge on any atom is 0.272 e. The Kier molecular flexibility index (Phi) is 6.78. The summed E-state index contributed by atoms with van der Waals surface area (Å²) in [5, 5.41) is 3.94. The van der Waals surface area contributed by atoms with Crippen LogP contribution in [0.1, 0.15) is 42.1 Å². The maximum atomic E-state index is 11.8. The molecule has 120 valence electrons. The van der Waals surface area contributed by atoms with Crippen LogP contribution in [0.4, 0.5) is 0 Å². The van der Waals surface area contributed by atoms with E-state index in [2.05, 4.69) is 22.4 Å². The van der Waals surface area contributed by atoms with Crippen molar-refractivity contribution in [2.24, 2.45) is 5.10 Å². The van der Waals surface area contributed by atoms with Crippen LogP contribution in [0, 0.1) is 0 Å². The number of hydrazone groups is 1. The van der Waals surface area contributed by atoms with Crippen LogP contribution in [0.5, 0.6) is 5.75 Å². The fourth-order valence-electron chi connectivity index (χ4n) is 1.92. The van der Waals surface area contributed by atoms with E-state index in [1.54, 1.807) is 24.5 Å². The average Bonchev–Trinajstić information content (AvgIpc) is 2.60. The van der Waals surface area contributed by atoms with Gasteiger partial charge < -0.3 is 4.74 Å². The van der Waals surface area contributed by atoms with E-state index < -0.39 is 0 Å². The first kappa shape index (κ1) is 16.7. The van der Waals surface area contributed by atoms with Crippen LogP contribution in [0.3, 0.4) is 0 Å². The third kappa shape index (κ3) is 5.90. The zero-order chi connectivity index (χ0) is 16.3. The lowest BCUT2D eigenvalue weighted by molar-refractivity contribution is 0.0955. The Hall–Kier alpha value is -2.69. The summed E-state index contributed by atoms with van der Waals surface area (Å²) in [6.07, 6.45) is 8.14. The predicted octanol–water partition coefficient (Wildman–Crippen LogP) is 3.41. The summed E-state index contributed by atoms with van der Waals surface area (Å²) in [5.74, 6) is 0.558. The SMILES string of the molecule is CCCCCOc1ccc(/C=N\NC(=O)c2cccnc2)cc1. The molecule has 0 aliphatic rings. The first-order valence-corrected chi connectivity index (χ1v) is 7.76. The molecule has 1 aromatic heterocycles. The Morgan fingerprint density at radius 3 is 2.78 bits per heavy atom. The van der Waals surface area contributed by atoms with E-state index >= 15 is 0 Å². The highest BCUT2D eigenvalue weighted by Gasteiger charge is 2.02. The molecule has 2 aromatic rings. The van der Waals surface area contributed by atoms with Crippen LogP contribution in [0.15, 0.2) is 53.9 Å². The Bertz CT molecular complexity index is 624. The first-order chi connectivity index (χ1) is 11.3. The zero-order valence-corrected chi connectivity index (χ0v) is 13.2. The molecular weight excluding hydrogens is 290 g/mol. The van der Waals surface area contributed by atoms with Gasteiger partial charge in [0.05, 0.1) is 18.4 Å². The van der Waals surface area contributed by atoms with E-state index in [-0.39, 0.29) is 5.91 Å². The summed E-state index contributed by atoms with van der Waals surface area (Å²) >= 11 is 0. The Labute approximate surface area is 136 Å². The van der Waals surface area contributed by atoms with Crippen molar-refractivity contribution in [1.82, 2.24) is 10.4 Å². The smallest absolute Gasteiger partial charge is 0.272 e. The van der Waals surface area contributed by atoms with Gasteiger partial charge in [0.1, 0.15) is 5.75 Å². The van der Waals surface area contributed by atoms with E-state index in [0.29, 0.717) is 5.56 Å². The third-order valence-electron chi connectivity index (χ3n) is 3.20. The molecule has 0 bridgehead atoms. The van der Waals surface area contributed by atoms with Crippen LogP contribution in [-0.4, -0.2) is 23.7 Å². The molecule has 0 saturated carbocycles. The molecule has 1 N–H and O–H groups in total. The molecule has 2 rings (SSSR count). The predicted molar refractivity (Wildman–Crippen MR) is 90.8 cm³/mol. The molecule has 1 amide bonds. The van der Waals surface area contributed by atoms with Crippen LogP contribution >= 0.6 is 0 Å². The lowest BCUT2D eigenvalue weighted by Crippen LogP contribution is -2.17. The molecule has 0 unspecified atom stereocenters. The lowest BCUT2D eigenvalue weighted by Gasteiger charge is -2.05. The highest BCUT2D eigenvalue weighted by Crippen LogP contribution is 2.11. The molecule has 5 heteroatoms. The highest BCUT2D eigenvalue weighted by molar-refractivity contribution is 5.94. The minimum absolute atomic E-state index is 0.287. The van der Waals surface area contributed by atoms with Crippen LogP contribution in [0.25, 0.3) is 0 Å². The summed E-state index contributed by atoms with van der Waals surface area (Å²) in [5.41, 5.74) is 3.83. The van der Waals surface area contributed by atoms with Crippen molar-refractivity contribution in [2.45, 2.75) is 26.2 Å². The van der Waals surface area contributed by atoms with Crippen molar-refractivity contribution >= 4 is 12.1 Å². The number of nitrogens with zero attached hydrogens (tertiary/aromatic N) is 2. The second-order valence-corrected chi connectivity index (χ2v) is 5.07. The zero-order valence-electron chi connectivity index (χ0n) is 13.2. The van der Waals surface area contributed by atoms with Crippen molar-refractivity contribution < 1.29 is 9.53 Å². The number of carbonyl (C=O) groups excluding carboxylic acids is 1. The van der Waals surface area contributed by atoms with Crippen molar-refractivity contribution in [3.63, 3.8) is 0 Å². The number of pyridine rings is 1. The number of amides is 1. The number of nitrogens with one attached hydrogen (secondary N) is 1. The Balaban J connectivity index is 1.80. The summed E-state index contributed by atoms with van der Waals surface area (Å²) in [6.45, 7) is 2.91. The van der Waals surface area contributed by atoms with Gasteiger partial charge in [-0.05, 0) is 48.4 Å². The number of hydrogen-bond acceptors (Lipinski definition) is 4. The van der Waals surface area contributed by atoms with Gasteiger partial charge in [0.2, 0.25) is 0 Å². The molecule has 1 heterocycles. The minimum atomic E-state index is -0.287. The van der Waals surface area contributed by atoms with Crippen LogP contribution in [0.2, 0.25) is 0 Å². The fraction of sp³-hybridized carbons (Fsp3) is 0.278. The number of rotatable bonds is 8. The van der Waals surface area contributed by atoms with Gasteiger partial charge in [-0.1, -0.05) is 19.8 Å². The number of carbonyl (C=O) groups is 1. The molecular formula is C18H21N3O2. The molecule has 0 saturated heterocycles.